The molecule has 2 heterocycles. The molecule has 0 aliphatic carbocycles. The molecule has 0 radical (unpaired) electrons. The minimum atomic E-state index is -3.20. The van der Waals surface area contributed by atoms with Crippen molar-refractivity contribution in [1.29, 1.82) is 5.26 Å². The molecular weight excluding hydrogens is 434 g/mol. The van der Waals surface area contributed by atoms with Gasteiger partial charge in [0.15, 0.2) is 5.78 Å². The fourth-order valence-electron chi connectivity index (χ4n) is 4.07. The number of ketones is 1. The lowest BCUT2D eigenvalue weighted by Crippen LogP contribution is -2.42. The first kappa shape index (κ1) is 24.2. The molecule has 10 heteroatoms. The fraction of sp³-hybridized carbons (Fsp3) is 0.478. The highest BCUT2D eigenvalue weighted by Crippen LogP contribution is 2.29. The lowest BCUT2D eigenvalue weighted by molar-refractivity contribution is -0.129. The molecule has 3 rings (SSSR count). The molecule has 1 aromatic heterocycles. The Morgan fingerprint density at radius 2 is 2.15 bits per heavy atom. The van der Waals surface area contributed by atoms with Crippen molar-refractivity contribution in [2.24, 2.45) is 11.8 Å². The van der Waals surface area contributed by atoms with Crippen molar-refractivity contribution in [1.82, 2.24) is 15.6 Å². The van der Waals surface area contributed by atoms with Crippen LogP contribution in [0.2, 0.25) is 0 Å². The molecule has 1 saturated heterocycles. The molecule has 0 saturated carbocycles. The van der Waals surface area contributed by atoms with E-state index in [2.05, 4.69) is 15.6 Å². The van der Waals surface area contributed by atoms with Gasteiger partial charge in [0.2, 0.25) is 17.7 Å². The number of benzene rings is 1. The zero-order valence-electron chi connectivity index (χ0n) is 18.4. The fourth-order valence-corrected chi connectivity index (χ4v) is 4.07. The number of H-pyrrole nitrogens is 1. The van der Waals surface area contributed by atoms with Crippen molar-refractivity contribution in [3.05, 3.63) is 30.0 Å². The third kappa shape index (κ3) is 6.06. The Balaban J connectivity index is 1.74. The average Bonchev–Trinajstić information content (AvgIpc) is 3.37. The van der Waals surface area contributed by atoms with Crippen LogP contribution in [0.15, 0.2) is 24.3 Å². The minimum absolute atomic E-state index is 0.0824. The standard InChI is InChI=1S/C23H26F2N4O4/c1-23(24,25)11-14(22(32)28-15(12-26)8-13-6-7-27-21(13)31)9-19(30)18-10-16-17(29-18)4-3-5-20(16)33-2/h3-5,10,13-15,29H,6-9,11H2,1-2H3,(H,27,31)(H,28,32)/t13-,14?,15-/m0/s1. The number of halogens is 2. The number of carbonyl (C=O) groups excluding carboxylic acids is 3. The summed E-state index contributed by atoms with van der Waals surface area (Å²) in [6.45, 7) is 1.17. The van der Waals surface area contributed by atoms with Crippen molar-refractivity contribution < 1.29 is 27.9 Å². The Morgan fingerprint density at radius 3 is 2.76 bits per heavy atom. The molecule has 2 aromatic rings. The second-order valence-electron chi connectivity index (χ2n) is 8.41. The Labute approximate surface area is 189 Å². The van der Waals surface area contributed by atoms with Crippen LogP contribution in [0.5, 0.6) is 5.75 Å². The largest absolute Gasteiger partial charge is 0.496 e. The van der Waals surface area contributed by atoms with Gasteiger partial charge in [-0.3, -0.25) is 14.4 Å². The average molecular weight is 460 g/mol. The van der Waals surface area contributed by atoms with Gasteiger partial charge in [0.05, 0.1) is 24.8 Å². The number of fused-ring (bicyclic) bond motifs is 1. The van der Waals surface area contributed by atoms with Gasteiger partial charge in [-0.25, -0.2) is 8.78 Å². The zero-order valence-corrected chi connectivity index (χ0v) is 18.4. The SMILES string of the molecule is COc1cccc2[nH]c(C(=O)CC(CC(C)(F)F)C(=O)N[C@H](C#N)C[C@@H]3CCNC3=O)cc12. The number of ether oxygens (including phenoxy) is 1. The second-order valence-corrected chi connectivity index (χ2v) is 8.41. The van der Waals surface area contributed by atoms with Gasteiger partial charge >= 0.3 is 0 Å². The molecule has 1 aliphatic rings. The topological polar surface area (TPSA) is 124 Å². The van der Waals surface area contributed by atoms with E-state index < -0.39 is 48.3 Å². The summed E-state index contributed by atoms with van der Waals surface area (Å²) in [5.74, 6) is -5.96. The van der Waals surface area contributed by atoms with E-state index in [1.165, 1.54) is 7.11 Å². The van der Waals surface area contributed by atoms with Gasteiger partial charge in [-0.05, 0) is 38.0 Å². The van der Waals surface area contributed by atoms with E-state index in [-0.39, 0.29) is 18.0 Å². The number of hydrogen-bond acceptors (Lipinski definition) is 5. The molecule has 1 fully saturated rings. The van der Waals surface area contributed by atoms with Crippen LogP contribution >= 0.6 is 0 Å². The van der Waals surface area contributed by atoms with E-state index in [1.54, 1.807) is 24.3 Å². The highest BCUT2D eigenvalue weighted by atomic mass is 19.3. The van der Waals surface area contributed by atoms with Crippen LogP contribution in [0.4, 0.5) is 8.78 Å². The Bertz CT molecular complexity index is 1090. The molecule has 3 atom stereocenters. The second kappa shape index (κ2) is 9.98. The molecule has 1 unspecified atom stereocenters. The molecule has 176 valence electrons. The summed E-state index contributed by atoms with van der Waals surface area (Å²) in [7, 11) is 1.49. The molecule has 0 spiro atoms. The maximum Gasteiger partial charge on any atom is 0.246 e. The number of rotatable bonds is 10. The molecule has 1 aliphatic heterocycles. The van der Waals surface area contributed by atoms with Crippen LogP contribution in [0.1, 0.15) is 43.1 Å². The number of alkyl halides is 2. The number of hydrogen-bond donors (Lipinski definition) is 3. The van der Waals surface area contributed by atoms with E-state index in [4.69, 9.17) is 4.74 Å². The number of amides is 2. The molecule has 1 aromatic carbocycles. The van der Waals surface area contributed by atoms with Gasteiger partial charge in [0.25, 0.3) is 0 Å². The normalized spacial score (nSPS) is 17.8. The Morgan fingerprint density at radius 1 is 1.39 bits per heavy atom. The van der Waals surface area contributed by atoms with Crippen molar-refractivity contribution in [2.45, 2.75) is 44.6 Å². The summed E-state index contributed by atoms with van der Waals surface area (Å²) >= 11 is 0. The lowest BCUT2D eigenvalue weighted by Gasteiger charge is -2.22. The van der Waals surface area contributed by atoms with Crippen LogP contribution in [0.3, 0.4) is 0 Å². The van der Waals surface area contributed by atoms with Crippen molar-refractivity contribution in [3.63, 3.8) is 0 Å². The van der Waals surface area contributed by atoms with Crippen molar-refractivity contribution in [3.8, 4) is 11.8 Å². The summed E-state index contributed by atoms with van der Waals surface area (Å²) in [4.78, 5) is 40.4. The van der Waals surface area contributed by atoms with E-state index in [0.29, 0.717) is 36.5 Å². The summed E-state index contributed by atoms with van der Waals surface area (Å²) in [5.41, 5.74) is 0.810. The van der Waals surface area contributed by atoms with E-state index in [9.17, 15) is 28.4 Å². The maximum atomic E-state index is 13.8. The predicted molar refractivity (Wildman–Crippen MR) is 116 cm³/mol. The first-order valence-corrected chi connectivity index (χ1v) is 10.7. The Hall–Kier alpha value is -3.48. The number of nitrogens with zero attached hydrogens (tertiary/aromatic N) is 1. The highest BCUT2D eigenvalue weighted by Gasteiger charge is 2.35. The summed E-state index contributed by atoms with van der Waals surface area (Å²) in [6.07, 6.45) is -0.701. The van der Waals surface area contributed by atoms with Gasteiger partial charge < -0.3 is 20.4 Å². The van der Waals surface area contributed by atoms with E-state index in [1.807, 2.05) is 6.07 Å². The zero-order chi connectivity index (χ0) is 24.2. The monoisotopic (exact) mass is 460 g/mol. The first-order chi connectivity index (χ1) is 15.6. The molecule has 0 bridgehead atoms. The molecule has 8 nitrogen and oxygen atoms in total. The summed E-state index contributed by atoms with van der Waals surface area (Å²) in [5, 5.41) is 15.1. The number of Topliss-reactive ketones (excluding diaryl/α,β-unsaturated/α-hetero) is 1. The summed E-state index contributed by atoms with van der Waals surface area (Å²) in [6, 6.07) is 7.66. The van der Waals surface area contributed by atoms with Crippen LogP contribution in [-0.4, -0.2) is 48.2 Å². The smallest absolute Gasteiger partial charge is 0.246 e. The lowest BCUT2D eigenvalue weighted by atomic mass is 9.92. The Kier molecular flexibility index (Phi) is 7.31. The van der Waals surface area contributed by atoms with Gasteiger partial charge in [-0.15, -0.1) is 0 Å². The molecule has 3 N–H and O–H groups in total. The van der Waals surface area contributed by atoms with Gasteiger partial charge in [0, 0.05) is 36.2 Å². The van der Waals surface area contributed by atoms with Crippen LogP contribution in [0.25, 0.3) is 10.9 Å². The van der Waals surface area contributed by atoms with Crippen LogP contribution in [0, 0.1) is 23.2 Å². The van der Waals surface area contributed by atoms with Gasteiger partial charge in [-0.2, -0.15) is 5.26 Å². The molecule has 33 heavy (non-hydrogen) atoms. The molecular formula is C23H26F2N4O4. The quantitative estimate of drug-likeness (QED) is 0.470. The number of aromatic nitrogens is 1. The predicted octanol–water partition coefficient (Wildman–Crippen LogP) is 2.95. The van der Waals surface area contributed by atoms with Gasteiger partial charge in [0.1, 0.15) is 11.8 Å². The first-order valence-electron chi connectivity index (χ1n) is 10.7. The third-order valence-corrected chi connectivity index (χ3v) is 5.71. The van der Waals surface area contributed by atoms with Crippen molar-refractivity contribution >= 4 is 28.5 Å². The van der Waals surface area contributed by atoms with E-state index in [0.717, 1.165) is 0 Å². The summed E-state index contributed by atoms with van der Waals surface area (Å²) < 4.78 is 32.9. The van der Waals surface area contributed by atoms with Crippen LogP contribution < -0.4 is 15.4 Å². The highest BCUT2D eigenvalue weighted by molar-refractivity contribution is 6.02. The number of nitriles is 1. The van der Waals surface area contributed by atoms with Crippen molar-refractivity contribution in [2.75, 3.05) is 13.7 Å². The van der Waals surface area contributed by atoms with Crippen LogP contribution in [-0.2, 0) is 9.59 Å². The molecule has 2 amide bonds. The number of aromatic amines is 1. The number of methoxy groups -OCH3 is 1. The van der Waals surface area contributed by atoms with E-state index >= 15 is 0 Å². The number of carbonyl (C=O) groups is 3. The maximum absolute atomic E-state index is 13.8. The third-order valence-electron chi connectivity index (χ3n) is 5.71. The number of nitrogens with one attached hydrogen (secondary N) is 3. The minimum Gasteiger partial charge on any atom is -0.496 e. The van der Waals surface area contributed by atoms with Gasteiger partial charge in [-0.1, -0.05) is 6.07 Å².